The van der Waals surface area contributed by atoms with Crippen molar-refractivity contribution in [3.8, 4) is 0 Å². The predicted molar refractivity (Wildman–Crippen MR) is 58.3 cm³/mol. The third kappa shape index (κ3) is 3.14. The minimum absolute atomic E-state index is 0. The van der Waals surface area contributed by atoms with Gasteiger partial charge in [-0.25, -0.2) is 0 Å². The van der Waals surface area contributed by atoms with Gasteiger partial charge in [0, 0.05) is 18.0 Å². The van der Waals surface area contributed by atoms with Crippen molar-refractivity contribution < 1.29 is 4.79 Å². The summed E-state index contributed by atoms with van der Waals surface area (Å²) in [5.74, 6) is 0.446. The highest BCUT2D eigenvalue weighted by Gasteiger charge is 2.29. The maximum Gasteiger partial charge on any atom is 0.223 e. The lowest BCUT2D eigenvalue weighted by Crippen LogP contribution is -2.38. The molecule has 2 fully saturated rings. The van der Waals surface area contributed by atoms with Crippen molar-refractivity contribution in [2.24, 2.45) is 11.7 Å². The number of nitrogens with two attached hydrogens (primary N) is 1. The highest BCUT2D eigenvalue weighted by atomic mass is 35.5. The third-order valence-electron chi connectivity index (χ3n) is 3.01. The van der Waals surface area contributed by atoms with E-state index in [0.717, 1.165) is 25.7 Å². The molecule has 0 aromatic carbocycles. The van der Waals surface area contributed by atoms with Crippen LogP contribution in [-0.4, -0.2) is 18.0 Å². The van der Waals surface area contributed by atoms with Crippen molar-refractivity contribution >= 4 is 18.3 Å². The molecule has 1 amide bonds. The van der Waals surface area contributed by atoms with E-state index in [0.29, 0.717) is 6.04 Å². The Labute approximate surface area is 91.2 Å². The van der Waals surface area contributed by atoms with Crippen molar-refractivity contribution in [1.29, 1.82) is 0 Å². The summed E-state index contributed by atoms with van der Waals surface area (Å²) >= 11 is 0. The molecule has 2 atom stereocenters. The molecule has 0 spiro atoms. The number of rotatable bonds is 2. The third-order valence-corrected chi connectivity index (χ3v) is 3.01. The van der Waals surface area contributed by atoms with Crippen molar-refractivity contribution in [2.75, 3.05) is 0 Å². The second-order valence-corrected chi connectivity index (χ2v) is 4.41. The first-order valence-electron chi connectivity index (χ1n) is 5.31. The summed E-state index contributed by atoms with van der Waals surface area (Å²) in [6, 6.07) is 0.745. The molecule has 0 heterocycles. The van der Waals surface area contributed by atoms with Crippen LogP contribution in [-0.2, 0) is 4.79 Å². The highest BCUT2D eigenvalue weighted by molar-refractivity contribution is 5.85. The van der Waals surface area contributed by atoms with E-state index >= 15 is 0 Å². The standard InChI is InChI=1S/C10H18N2O.ClH/c11-8-3-1-2-7(6-8)10(13)12-9-4-5-9;/h7-9H,1-6,11H2,(H,12,13);1H/t7-,8+;/m1./s1. The number of hydrogen-bond donors (Lipinski definition) is 2. The molecular formula is C10H19ClN2O. The Bertz CT molecular complexity index is 206. The molecule has 0 unspecified atom stereocenters. The van der Waals surface area contributed by atoms with Gasteiger partial charge in [-0.1, -0.05) is 6.42 Å². The monoisotopic (exact) mass is 218 g/mol. The number of amides is 1. The van der Waals surface area contributed by atoms with Crippen LogP contribution >= 0.6 is 12.4 Å². The summed E-state index contributed by atoms with van der Waals surface area (Å²) < 4.78 is 0. The molecule has 0 bridgehead atoms. The summed E-state index contributed by atoms with van der Waals surface area (Å²) in [5.41, 5.74) is 5.83. The highest BCUT2D eigenvalue weighted by Crippen LogP contribution is 2.25. The van der Waals surface area contributed by atoms with Gasteiger partial charge in [0.2, 0.25) is 5.91 Å². The molecule has 0 radical (unpaired) electrons. The Hall–Kier alpha value is -0.280. The first-order valence-corrected chi connectivity index (χ1v) is 5.31. The predicted octanol–water partition coefficient (Wildman–Crippen LogP) is 1.20. The van der Waals surface area contributed by atoms with Gasteiger partial charge in [-0.05, 0) is 32.1 Å². The van der Waals surface area contributed by atoms with Gasteiger partial charge in [0.1, 0.15) is 0 Å². The molecule has 2 aliphatic carbocycles. The molecule has 0 aliphatic heterocycles. The van der Waals surface area contributed by atoms with E-state index < -0.39 is 0 Å². The van der Waals surface area contributed by atoms with Crippen molar-refractivity contribution in [1.82, 2.24) is 5.32 Å². The summed E-state index contributed by atoms with van der Waals surface area (Å²) in [5, 5.41) is 3.05. The first-order chi connectivity index (χ1) is 6.25. The minimum Gasteiger partial charge on any atom is -0.353 e. The maximum absolute atomic E-state index is 11.6. The Morgan fingerprint density at radius 3 is 2.50 bits per heavy atom. The zero-order valence-corrected chi connectivity index (χ0v) is 9.19. The van der Waals surface area contributed by atoms with Gasteiger partial charge >= 0.3 is 0 Å². The molecule has 14 heavy (non-hydrogen) atoms. The lowest BCUT2D eigenvalue weighted by Gasteiger charge is -2.25. The largest absolute Gasteiger partial charge is 0.353 e. The Morgan fingerprint density at radius 1 is 1.21 bits per heavy atom. The molecule has 3 nitrogen and oxygen atoms in total. The molecule has 2 saturated carbocycles. The zero-order valence-electron chi connectivity index (χ0n) is 8.37. The lowest BCUT2D eigenvalue weighted by atomic mass is 9.85. The number of hydrogen-bond acceptors (Lipinski definition) is 2. The second kappa shape index (κ2) is 4.99. The first kappa shape index (κ1) is 11.8. The van der Waals surface area contributed by atoms with Gasteiger partial charge in [-0.3, -0.25) is 4.79 Å². The number of nitrogens with one attached hydrogen (secondary N) is 1. The van der Waals surface area contributed by atoms with E-state index in [1.807, 2.05) is 0 Å². The lowest BCUT2D eigenvalue weighted by molar-refractivity contribution is -0.126. The molecule has 2 rings (SSSR count). The van der Waals surface area contributed by atoms with Crippen LogP contribution in [0.2, 0.25) is 0 Å². The molecule has 0 aromatic heterocycles. The minimum atomic E-state index is 0. The normalized spacial score (nSPS) is 31.8. The van der Waals surface area contributed by atoms with E-state index in [1.165, 1.54) is 12.8 Å². The molecular weight excluding hydrogens is 200 g/mol. The van der Waals surface area contributed by atoms with Crippen molar-refractivity contribution in [3.63, 3.8) is 0 Å². The van der Waals surface area contributed by atoms with E-state index in [-0.39, 0.29) is 30.3 Å². The fourth-order valence-corrected chi connectivity index (χ4v) is 2.01. The quantitative estimate of drug-likeness (QED) is 0.732. The van der Waals surface area contributed by atoms with Crippen LogP contribution in [0.5, 0.6) is 0 Å². The summed E-state index contributed by atoms with van der Waals surface area (Å²) in [6.45, 7) is 0. The fraction of sp³-hybridized carbons (Fsp3) is 0.900. The zero-order chi connectivity index (χ0) is 9.26. The molecule has 3 N–H and O–H groups in total. The van der Waals surface area contributed by atoms with Gasteiger partial charge in [-0.2, -0.15) is 0 Å². The number of halogens is 1. The molecule has 4 heteroatoms. The number of carbonyl (C=O) groups is 1. The van der Waals surface area contributed by atoms with E-state index in [9.17, 15) is 4.79 Å². The van der Waals surface area contributed by atoms with Crippen LogP contribution in [0.1, 0.15) is 38.5 Å². The maximum atomic E-state index is 11.6. The van der Waals surface area contributed by atoms with Crippen molar-refractivity contribution in [2.45, 2.75) is 50.6 Å². The van der Waals surface area contributed by atoms with Crippen LogP contribution in [0.4, 0.5) is 0 Å². The van der Waals surface area contributed by atoms with Crippen LogP contribution in [0.3, 0.4) is 0 Å². The van der Waals surface area contributed by atoms with E-state index in [4.69, 9.17) is 5.73 Å². The summed E-state index contributed by atoms with van der Waals surface area (Å²) in [6.07, 6.45) is 6.47. The summed E-state index contributed by atoms with van der Waals surface area (Å²) in [7, 11) is 0. The average molecular weight is 219 g/mol. The van der Waals surface area contributed by atoms with Crippen LogP contribution in [0.25, 0.3) is 0 Å². The second-order valence-electron chi connectivity index (χ2n) is 4.41. The van der Waals surface area contributed by atoms with Crippen molar-refractivity contribution in [3.05, 3.63) is 0 Å². The molecule has 2 aliphatic rings. The van der Waals surface area contributed by atoms with Gasteiger partial charge in [0.25, 0.3) is 0 Å². The smallest absolute Gasteiger partial charge is 0.223 e. The Balaban J connectivity index is 0.000000980. The molecule has 0 aromatic rings. The SMILES string of the molecule is Cl.N[C@H]1CCC[C@@H](C(=O)NC2CC2)C1. The topological polar surface area (TPSA) is 55.1 Å². The van der Waals surface area contributed by atoms with Gasteiger partial charge in [-0.15, -0.1) is 12.4 Å². The van der Waals surface area contributed by atoms with Gasteiger partial charge < -0.3 is 11.1 Å². The fourth-order valence-electron chi connectivity index (χ4n) is 2.01. The van der Waals surface area contributed by atoms with Crippen LogP contribution in [0.15, 0.2) is 0 Å². The molecule has 82 valence electrons. The summed E-state index contributed by atoms with van der Waals surface area (Å²) in [4.78, 5) is 11.6. The molecule has 0 saturated heterocycles. The van der Waals surface area contributed by atoms with Gasteiger partial charge in [0.15, 0.2) is 0 Å². The Kier molecular flexibility index (Phi) is 4.20. The van der Waals surface area contributed by atoms with Crippen LogP contribution in [0, 0.1) is 5.92 Å². The average Bonchev–Trinajstić information content (AvgIpc) is 2.88. The number of carbonyl (C=O) groups excluding carboxylic acids is 1. The van der Waals surface area contributed by atoms with Gasteiger partial charge in [0.05, 0.1) is 0 Å². The van der Waals surface area contributed by atoms with E-state index in [2.05, 4.69) is 5.32 Å². The Morgan fingerprint density at radius 2 is 1.93 bits per heavy atom. The van der Waals surface area contributed by atoms with E-state index in [1.54, 1.807) is 0 Å². The van der Waals surface area contributed by atoms with Crippen LogP contribution < -0.4 is 11.1 Å².